The average Bonchev–Trinajstić information content (AvgIpc) is 2.42. The predicted molar refractivity (Wildman–Crippen MR) is 70.7 cm³/mol. The molecule has 2 N–H and O–H groups in total. The maximum Gasteiger partial charge on any atom is 0.255 e. The number of likely N-dealkylation sites (tertiary alicyclic amines) is 1. The number of piperidine rings is 1. The second kappa shape index (κ2) is 6.52. The number of aromatic hydroxyl groups is 1. The van der Waals surface area contributed by atoms with Crippen LogP contribution in [0, 0.1) is 5.82 Å². The number of phenols is 1. The van der Waals surface area contributed by atoms with Gasteiger partial charge in [-0.3, -0.25) is 4.79 Å². The molecule has 0 unspecified atom stereocenters. The van der Waals surface area contributed by atoms with Crippen LogP contribution in [0.3, 0.4) is 0 Å². The van der Waals surface area contributed by atoms with E-state index in [-0.39, 0.29) is 11.3 Å². The first-order valence-electron chi connectivity index (χ1n) is 6.66. The predicted octanol–water partition coefficient (Wildman–Crippen LogP) is 1.75. The lowest BCUT2D eigenvalue weighted by Crippen LogP contribution is -2.37. The molecule has 5 heteroatoms. The van der Waals surface area contributed by atoms with Crippen LogP contribution in [0.4, 0.5) is 4.39 Å². The lowest BCUT2D eigenvalue weighted by molar-refractivity contribution is 0.0943. The zero-order valence-electron chi connectivity index (χ0n) is 10.9. The van der Waals surface area contributed by atoms with Gasteiger partial charge in [0.25, 0.3) is 5.91 Å². The number of halogens is 1. The van der Waals surface area contributed by atoms with Gasteiger partial charge in [0, 0.05) is 13.1 Å². The van der Waals surface area contributed by atoms with E-state index in [1.165, 1.54) is 25.3 Å². The van der Waals surface area contributed by atoms with Crippen molar-refractivity contribution in [2.45, 2.75) is 19.3 Å². The number of hydrogen-bond acceptors (Lipinski definition) is 3. The SMILES string of the molecule is O=C(NCCN1CCCCC1)c1cc(F)ccc1O. The van der Waals surface area contributed by atoms with Crippen molar-refractivity contribution >= 4 is 5.91 Å². The fourth-order valence-corrected chi connectivity index (χ4v) is 2.30. The van der Waals surface area contributed by atoms with E-state index >= 15 is 0 Å². The van der Waals surface area contributed by atoms with Gasteiger partial charge >= 0.3 is 0 Å². The topological polar surface area (TPSA) is 52.6 Å². The number of nitrogens with zero attached hydrogens (tertiary/aromatic N) is 1. The van der Waals surface area contributed by atoms with Crippen molar-refractivity contribution in [2.24, 2.45) is 0 Å². The third kappa shape index (κ3) is 3.92. The molecule has 4 nitrogen and oxygen atoms in total. The van der Waals surface area contributed by atoms with Crippen LogP contribution in [-0.2, 0) is 0 Å². The quantitative estimate of drug-likeness (QED) is 0.873. The second-order valence-corrected chi connectivity index (χ2v) is 4.82. The highest BCUT2D eigenvalue weighted by Gasteiger charge is 2.13. The van der Waals surface area contributed by atoms with E-state index < -0.39 is 11.7 Å². The first-order chi connectivity index (χ1) is 9.16. The minimum Gasteiger partial charge on any atom is -0.507 e. The summed E-state index contributed by atoms with van der Waals surface area (Å²) in [7, 11) is 0. The van der Waals surface area contributed by atoms with E-state index in [4.69, 9.17) is 0 Å². The van der Waals surface area contributed by atoms with E-state index in [1.54, 1.807) is 0 Å². The number of hydrogen-bond donors (Lipinski definition) is 2. The van der Waals surface area contributed by atoms with Crippen LogP contribution in [-0.4, -0.2) is 42.1 Å². The van der Waals surface area contributed by atoms with Gasteiger partial charge in [-0.05, 0) is 44.1 Å². The summed E-state index contributed by atoms with van der Waals surface area (Å²) in [5.41, 5.74) is -0.0151. The molecule has 1 aromatic rings. The second-order valence-electron chi connectivity index (χ2n) is 4.82. The first kappa shape index (κ1) is 13.8. The highest BCUT2D eigenvalue weighted by molar-refractivity contribution is 5.96. The van der Waals surface area contributed by atoms with Crippen molar-refractivity contribution in [2.75, 3.05) is 26.2 Å². The molecule has 0 aromatic heterocycles. The first-order valence-corrected chi connectivity index (χ1v) is 6.66. The molecule has 104 valence electrons. The molecule has 1 heterocycles. The van der Waals surface area contributed by atoms with Gasteiger partial charge in [-0.2, -0.15) is 0 Å². The van der Waals surface area contributed by atoms with Crippen LogP contribution >= 0.6 is 0 Å². The highest BCUT2D eigenvalue weighted by atomic mass is 19.1. The highest BCUT2D eigenvalue weighted by Crippen LogP contribution is 2.17. The van der Waals surface area contributed by atoms with Gasteiger partial charge < -0.3 is 15.3 Å². The minimum atomic E-state index is -0.529. The van der Waals surface area contributed by atoms with Crippen LogP contribution in [0.5, 0.6) is 5.75 Å². The van der Waals surface area contributed by atoms with Crippen LogP contribution in [0.1, 0.15) is 29.6 Å². The minimum absolute atomic E-state index is 0.0151. The molecule has 19 heavy (non-hydrogen) atoms. The summed E-state index contributed by atoms with van der Waals surface area (Å²) in [5, 5.41) is 12.2. The standard InChI is InChI=1S/C14H19FN2O2/c15-11-4-5-13(18)12(10-11)14(19)16-6-9-17-7-2-1-3-8-17/h4-5,10,18H,1-3,6-9H2,(H,16,19). The number of phenolic OH excluding ortho intramolecular Hbond substituents is 1. The van der Waals surface area contributed by atoms with Gasteiger partial charge in [0.1, 0.15) is 11.6 Å². The molecule has 0 radical (unpaired) electrons. The van der Waals surface area contributed by atoms with Crippen LogP contribution < -0.4 is 5.32 Å². The van der Waals surface area contributed by atoms with Gasteiger partial charge in [0.15, 0.2) is 0 Å². The number of rotatable bonds is 4. The summed E-state index contributed by atoms with van der Waals surface area (Å²) in [6.07, 6.45) is 3.69. The van der Waals surface area contributed by atoms with Crippen molar-refractivity contribution in [1.82, 2.24) is 10.2 Å². The third-order valence-corrected chi connectivity index (χ3v) is 3.37. The molecule has 1 aromatic carbocycles. The molecule has 0 spiro atoms. The number of carbonyl (C=O) groups is 1. The maximum absolute atomic E-state index is 13.0. The molecule has 0 atom stereocenters. The monoisotopic (exact) mass is 266 g/mol. The Bertz CT molecular complexity index is 445. The molecular formula is C14H19FN2O2. The molecule has 2 rings (SSSR count). The lowest BCUT2D eigenvalue weighted by atomic mass is 10.1. The normalized spacial score (nSPS) is 16.3. The van der Waals surface area contributed by atoms with Crippen molar-refractivity contribution in [3.05, 3.63) is 29.6 Å². The molecule has 0 bridgehead atoms. The zero-order chi connectivity index (χ0) is 13.7. The number of carbonyl (C=O) groups excluding carboxylic acids is 1. The number of benzene rings is 1. The van der Waals surface area contributed by atoms with Gasteiger partial charge in [0.05, 0.1) is 5.56 Å². The summed E-state index contributed by atoms with van der Waals surface area (Å²) < 4.78 is 13.0. The van der Waals surface area contributed by atoms with Crippen molar-refractivity contribution < 1.29 is 14.3 Å². The number of amides is 1. The van der Waals surface area contributed by atoms with E-state index in [9.17, 15) is 14.3 Å². The van der Waals surface area contributed by atoms with Gasteiger partial charge in [0.2, 0.25) is 0 Å². The molecular weight excluding hydrogens is 247 g/mol. The third-order valence-electron chi connectivity index (χ3n) is 3.37. The Labute approximate surface area is 112 Å². The zero-order valence-corrected chi connectivity index (χ0v) is 10.9. The van der Waals surface area contributed by atoms with E-state index in [0.717, 1.165) is 31.8 Å². The van der Waals surface area contributed by atoms with Crippen LogP contribution in [0.15, 0.2) is 18.2 Å². The summed E-state index contributed by atoms with van der Waals surface area (Å²) in [4.78, 5) is 14.1. The summed E-state index contributed by atoms with van der Waals surface area (Å²) >= 11 is 0. The Morgan fingerprint density at radius 1 is 1.32 bits per heavy atom. The molecule has 1 amide bonds. The molecule has 0 aliphatic carbocycles. The largest absolute Gasteiger partial charge is 0.507 e. The van der Waals surface area contributed by atoms with Gasteiger partial charge in [-0.1, -0.05) is 6.42 Å². The van der Waals surface area contributed by atoms with Gasteiger partial charge in [-0.25, -0.2) is 4.39 Å². The van der Waals surface area contributed by atoms with Gasteiger partial charge in [-0.15, -0.1) is 0 Å². The van der Waals surface area contributed by atoms with Crippen LogP contribution in [0.2, 0.25) is 0 Å². The Hall–Kier alpha value is -1.62. The number of nitrogens with one attached hydrogen (secondary N) is 1. The lowest BCUT2D eigenvalue weighted by Gasteiger charge is -2.26. The summed E-state index contributed by atoms with van der Waals surface area (Å²) in [6, 6.07) is 3.36. The maximum atomic E-state index is 13.0. The van der Waals surface area contributed by atoms with E-state index in [1.807, 2.05) is 0 Å². The molecule has 0 saturated carbocycles. The summed E-state index contributed by atoms with van der Waals surface area (Å²) in [5.74, 6) is -1.16. The fourth-order valence-electron chi connectivity index (χ4n) is 2.30. The Kier molecular flexibility index (Phi) is 4.74. The Morgan fingerprint density at radius 2 is 2.05 bits per heavy atom. The molecule has 1 fully saturated rings. The Balaban J connectivity index is 1.82. The fraction of sp³-hybridized carbons (Fsp3) is 0.500. The summed E-state index contributed by atoms with van der Waals surface area (Å²) in [6.45, 7) is 3.44. The van der Waals surface area contributed by atoms with Crippen LogP contribution in [0.25, 0.3) is 0 Å². The smallest absolute Gasteiger partial charge is 0.255 e. The van der Waals surface area contributed by atoms with Crippen molar-refractivity contribution in [3.63, 3.8) is 0 Å². The average molecular weight is 266 g/mol. The van der Waals surface area contributed by atoms with E-state index in [0.29, 0.717) is 6.54 Å². The Morgan fingerprint density at radius 3 is 2.79 bits per heavy atom. The van der Waals surface area contributed by atoms with Crippen molar-refractivity contribution in [3.8, 4) is 5.75 Å². The van der Waals surface area contributed by atoms with Crippen molar-refractivity contribution in [1.29, 1.82) is 0 Å². The molecule has 1 saturated heterocycles. The molecule has 1 aliphatic heterocycles. The van der Waals surface area contributed by atoms with E-state index in [2.05, 4.69) is 10.2 Å². The molecule has 1 aliphatic rings.